The Morgan fingerprint density at radius 3 is 2.28 bits per heavy atom. The quantitative estimate of drug-likeness (QED) is 0.213. The van der Waals surface area contributed by atoms with Gasteiger partial charge < -0.3 is 14.7 Å². The molecule has 6 nitrogen and oxygen atoms in total. The molecule has 0 spiro atoms. The number of hydrogen-bond acceptors (Lipinski definition) is 5. The van der Waals surface area contributed by atoms with Crippen molar-refractivity contribution in [1.29, 1.82) is 0 Å². The molecule has 1 fully saturated rings. The van der Waals surface area contributed by atoms with E-state index in [0.717, 1.165) is 22.7 Å². The van der Waals surface area contributed by atoms with E-state index < -0.39 is 35.2 Å². The van der Waals surface area contributed by atoms with Crippen molar-refractivity contribution in [3.8, 4) is 5.75 Å². The molecular weight excluding hydrogens is 509 g/mol. The van der Waals surface area contributed by atoms with Gasteiger partial charge in [-0.05, 0) is 53.9 Å². The molecule has 1 N–H and O–H groups in total. The van der Waals surface area contributed by atoms with Crippen LogP contribution >= 0.6 is 0 Å². The monoisotopic (exact) mass is 538 g/mol. The number of carbonyl (C=O) groups is 2. The second-order valence-corrected chi connectivity index (χ2v) is 9.94. The Bertz CT molecular complexity index is 1410. The number of anilines is 2. The van der Waals surface area contributed by atoms with Crippen LogP contribution in [0.2, 0.25) is 0 Å². The molecule has 1 heterocycles. The first-order valence-corrected chi connectivity index (χ1v) is 12.4. The van der Waals surface area contributed by atoms with E-state index in [0.29, 0.717) is 17.9 Å². The number of ether oxygens (including phenoxy) is 1. The summed E-state index contributed by atoms with van der Waals surface area (Å²) >= 11 is 0. The first-order chi connectivity index (χ1) is 18.4. The Balaban J connectivity index is 1.89. The highest BCUT2D eigenvalue weighted by Gasteiger charge is 2.47. The molecular formula is C30H29F3N2O4. The summed E-state index contributed by atoms with van der Waals surface area (Å²) in [5.74, 6) is -1.76. The van der Waals surface area contributed by atoms with Crippen molar-refractivity contribution >= 4 is 28.8 Å². The zero-order valence-corrected chi connectivity index (χ0v) is 22.0. The Kier molecular flexibility index (Phi) is 7.72. The maximum atomic E-state index is 13.5. The topological polar surface area (TPSA) is 70.1 Å². The van der Waals surface area contributed by atoms with Crippen LogP contribution in [0.1, 0.15) is 36.6 Å². The van der Waals surface area contributed by atoms with Gasteiger partial charge in [0.05, 0.1) is 23.8 Å². The summed E-state index contributed by atoms with van der Waals surface area (Å²) in [6.07, 6.45) is -4.65. The van der Waals surface area contributed by atoms with Crippen molar-refractivity contribution in [3.05, 3.63) is 95.1 Å². The lowest BCUT2D eigenvalue weighted by Gasteiger charge is -2.26. The fourth-order valence-electron chi connectivity index (χ4n) is 4.35. The number of halogens is 3. The zero-order chi connectivity index (χ0) is 28.5. The number of Topliss-reactive ketones (excluding diaryl/α,β-unsaturated/α-hetero) is 1. The van der Waals surface area contributed by atoms with Gasteiger partial charge in [0.25, 0.3) is 11.7 Å². The summed E-state index contributed by atoms with van der Waals surface area (Å²) in [6.45, 7) is 4.41. The van der Waals surface area contributed by atoms with E-state index in [1.54, 1.807) is 48.5 Å². The summed E-state index contributed by atoms with van der Waals surface area (Å²) in [5.41, 5.74) is 0.236. The highest BCUT2D eigenvalue weighted by atomic mass is 19.4. The molecule has 1 amide bonds. The van der Waals surface area contributed by atoms with Gasteiger partial charge in [0, 0.05) is 31.0 Å². The van der Waals surface area contributed by atoms with Crippen LogP contribution < -0.4 is 14.5 Å². The van der Waals surface area contributed by atoms with Gasteiger partial charge >= 0.3 is 6.18 Å². The van der Waals surface area contributed by atoms with Crippen LogP contribution in [-0.2, 0) is 15.8 Å². The molecule has 1 saturated heterocycles. The molecule has 0 radical (unpaired) electrons. The van der Waals surface area contributed by atoms with Crippen molar-refractivity contribution in [3.63, 3.8) is 0 Å². The van der Waals surface area contributed by atoms with Gasteiger partial charge in [0.2, 0.25) is 0 Å². The predicted molar refractivity (Wildman–Crippen MR) is 144 cm³/mol. The SMILES string of the molecule is CC(C)COc1cccc(/C(O)=C2\C(=O)C(=O)N(c3cccc(C(F)(F)F)c3)C2c2ccc(N(C)C)cc2)c1. The molecule has 1 atom stereocenters. The molecule has 9 heteroatoms. The van der Waals surface area contributed by atoms with Gasteiger partial charge in [0.1, 0.15) is 11.5 Å². The Labute approximate surface area is 224 Å². The number of carbonyl (C=O) groups excluding carboxylic acids is 2. The smallest absolute Gasteiger partial charge is 0.416 e. The van der Waals surface area contributed by atoms with Gasteiger partial charge in [-0.25, -0.2) is 0 Å². The molecule has 4 rings (SSSR count). The minimum absolute atomic E-state index is 0.110. The highest BCUT2D eigenvalue weighted by molar-refractivity contribution is 6.51. The Morgan fingerprint density at radius 1 is 1.00 bits per heavy atom. The second-order valence-electron chi connectivity index (χ2n) is 9.94. The number of ketones is 1. The van der Waals surface area contributed by atoms with Crippen LogP contribution in [0.3, 0.4) is 0 Å². The van der Waals surface area contributed by atoms with E-state index in [1.165, 1.54) is 12.1 Å². The lowest BCUT2D eigenvalue weighted by atomic mass is 9.94. The molecule has 39 heavy (non-hydrogen) atoms. The number of benzene rings is 3. The minimum Gasteiger partial charge on any atom is -0.507 e. The maximum Gasteiger partial charge on any atom is 0.416 e. The van der Waals surface area contributed by atoms with Crippen LogP contribution in [0, 0.1) is 5.92 Å². The molecule has 0 aromatic heterocycles. The van der Waals surface area contributed by atoms with Crippen molar-refractivity contribution < 1.29 is 32.6 Å². The minimum atomic E-state index is -4.65. The molecule has 0 bridgehead atoms. The van der Waals surface area contributed by atoms with E-state index in [9.17, 15) is 27.9 Å². The molecule has 1 aliphatic heterocycles. The molecule has 3 aromatic carbocycles. The largest absolute Gasteiger partial charge is 0.507 e. The molecule has 3 aromatic rings. The first kappa shape index (κ1) is 27.8. The zero-order valence-electron chi connectivity index (χ0n) is 22.0. The lowest BCUT2D eigenvalue weighted by Crippen LogP contribution is -2.29. The summed E-state index contributed by atoms with van der Waals surface area (Å²) in [5, 5.41) is 11.4. The van der Waals surface area contributed by atoms with Crippen LogP contribution in [0.5, 0.6) is 5.75 Å². The molecule has 204 valence electrons. The summed E-state index contributed by atoms with van der Waals surface area (Å²) in [6, 6.07) is 16.4. The van der Waals surface area contributed by atoms with E-state index >= 15 is 0 Å². The third kappa shape index (κ3) is 5.77. The molecule has 0 aliphatic carbocycles. The molecule has 1 unspecified atom stereocenters. The number of hydrogen-bond donors (Lipinski definition) is 1. The van der Waals surface area contributed by atoms with E-state index in [4.69, 9.17) is 4.74 Å². The van der Waals surface area contributed by atoms with Gasteiger partial charge in [-0.15, -0.1) is 0 Å². The van der Waals surface area contributed by atoms with Gasteiger partial charge in [-0.3, -0.25) is 14.5 Å². The summed E-state index contributed by atoms with van der Waals surface area (Å²) in [4.78, 5) is 29.6. The Morgan fingerprint density at radius 2 is 1.67 bits per heavy atom. The maximum absolute atomic E-state index is 13.5. The van der Waals surface area contributed by atoms with Gasteiger partial charge in [0.15, 0.2) is 0 Å². The summed E-state index contributed by atoms with van der Waals surface area (Å²) in [7, 11) is 3.69. The van der Waals surface area contributed by atoms with Crippen LogP contribution in [0.4, 0.5) is 24.5 Å². The van der Waals surface area contributed by atoms with Crippen molar-refractivity contribution in [2.45, 2.75) is 26.1 Å². The predicted octanol–water partition coefficient (Wildman–Crippen LogP) is 6.43. The Hall–Kier alpha value is -4.27. The number of amides is 1. The van der Waals surface area contributed by atoms with Gasteiger partial charge in [-0.1, -0.05) is 44.2 Å². The third-order valence-corrected chi connectivity index (χ3v) is 6.31. The number of alkyl halides is 3. The normalized spacial score (nSPS) is 17.1. The average molecular weight is 539 g/mol. The number of aliphatic hydroxyl groups is 1. The average Bonchev–Trinajstić information content (AvgIpc) is 3.17. The number of nitrogens with zero attached hydrogens (tertiary/aromatic N) is 2. The van der Waals surface area contributed by atoms with Crippen molar-refractivity contribution in [2.75, 3.05) is 30.5 Å². The van der Waals surface area contributed by atoms with E-state index in [1.807, 2.05) is 32.8 Å². The fraction of sp³-hybridized carbons (Fsp3) is 0.267. The van der Waals surface area contributed by atoms with E-state index in [2.05, 4.69) is 0 Å². The lowest BCUT2D eigenvalue weighted by molar-refractivity contribution is -0.137. The van der Waals surface area contributed by atoms with E-state index in [-0.39, 0.29) is 22.7 Å². The van der Waals surface area contributed by atoms with Crippen LogP contribution in [0.15, 0.2) is 78.4 Å². The van der Waals surface area contributed by atoms with Gasteiger partial charge in [-0.2, -0.15) is 13.2 Å². The van der Waals surface area contributed by atoms with Crippen LogP contribution in [0.25, 0.3) is 5.76 Å². The first-order valence-electron chi connectivity index (χ1n) is 12.4. The highest BCUT2D eigenvalue weighted by Crippen LogP contribution is 2.44. The second kappa shape index (κ2) is 10.8. The van der Waals surface area contributed by atoms with Crippen molar-refractivity contribution in [1.82, 2.24) is 0 Å². The summed E-state index contributed by atoms with van der Waals surface area (Å²) < 4.78 is 46.3. The number of aliphatic hydroxyl groups excluding tert-OH is 1. The molecule has 1 aliphatic rings. The van der Waals surface area contributed by atoms with Crippen LogP contribution in [-0.4, -0.2) is 37.5 Å². The number of rotatable bonds is 7. The third-order valence-electron chi connectivity index (χ3n) is 6.31. The molecule has 0 saturated carbocycles. The fourth-order valence-corrected chi connectivity index (χ4v) is 4.35. The standard InChI is InChI=1S/C30H29F3N2O4/c1-18(2)17-39-24-10-5-7-20(15-24)27(36)25-26(19-11-13-22(14-12-19)34(3)4)35(29(38)28(25)37)23-9-6-8-21(16-23)30(31,32)33/h5-16,18,26,36H,17H2,1-4H3/b27-25+. The van der Waals surface area contributed by atoms with Crippen molar-refractivity contribution in [2.24, 2.45) is 5.92 Å².